The first-order chi connectivity index (χ1) is 33.4. The van der Waals surface area contributed by atoms with Crippen LogP contribution in [-0.2, 0) is 25.9 Å². The van der Waals surface area contributed by atoms with Crippen molar-refractivity contribution in [3.05, 3.63) is 162 Å². The van der Waals surface area contributed by atoms with E-state index in [0.29, 0.717) is 75.8 Å². The van der Waals surface area contributed by atoms with E-state index < -0.39 is 11.6 Å². The molecule has 360 valence electrons. The van der Waals surface area contributed by atoms with Gasteiger partial charge >= 0.3 is 0 Å². The van der Waals surface area contributed by atoms with Gasteiger partial charge in [-0.15, -0.1) is 0 Å². The van der Waals surface area contributed by atoms with Crippen molar-refractivity contribution in [3.63, 3.8) is 0 Å². The first-order valence-electron chi connectivity index (χ1n) is 23.3. The minimum absolute atomic E-state index is 0.00262. The van der Waals surface area contributed by atoms with Crippen molar-refractivity contribution in [3.8, 4) is 22.8 Å². The minimum atomic E-state index is -0.505. The lowest BCUT2D eigenvalue weighted by Crippen LogP contribution is -2.30. The van der Waals surface area contributed by atoms with E-state index in [9.17, 15) is 32.3 Å². The highest BCUT2D eigenvalue weighted by Crippen LogP contribution is 2.33. The number of H-pyrrole nitrogens is 4. The fourth-order valence-corrected chi connectivity index (χ4v) is 9.27. The molecule has 10 rings (SSSR count). The second-order valence-corrected chi connectivity index (χ2v) is 18.8. The molecule has 0 bridgehead atoms. The van der Waals surface area contributed by atoms with Crippen molar-refractivity contribution >= 4 is 45.3 Å². The van der Waals surface area contributed by atoms with Gasteiger partial charge in [0.1, 0.15) is 40.2 Å². The predicted molar refractivity (Wildman–Crippen MR) is 265 cm³/mol. The number of amides is 2. The van der Waals surface area contributed by atoms with Crippen molar-refractivity contribution in [1.82, 2.24) is 39.7 Å². The molecule has 0 spiro atoms. The van der Waals surface area contributed by atoms with Crippen molar-refractivity contribution in [2.75, 3.05) is 10.6 Å². The van der Waals surface area contributed by atoms with Crippen molar-refractivity contribution in [2.45, 2.75) is 98.6 Å². The molecule has 6 N–H and O–H groups in total. The zero-order valence-electron chi connectivity index (χ0n) is 39.8. The number of hydrogen-bond acceptors (Lipinski definition) is 8. The van der Waals surface area contributed by atoms with Gasteiger partial charge in [-0.2, -0.15) is 0 Å². The topological polar surface area (TPSA) is 188 Å². The predicted octanol–water partition coefficient (Wildman–Crippen LogP) is 9.38. The maximum atomic E-state index is 14.1. The number of aromatic nitrogens is 6. The molecular weight excluding hydrogens is 898 g/mol. The van der Waals surface area contributed by atoms with Crippen LogP contribution in [0.25, 0.3) is 44.8 Å². The minimum Gasteiger partial charge on any atom is -0.381 e. The van der Waals surface area contributed by atoms with Gasteiger partial charge in [0.15, 0.2) is 0 Å². The summed E-state index contributed by atoms with van der Waals surface area (Å²) < 4.78 is 41.4. The SMILES string of the molecule is CC(Cc1cc(F)ccc1F)Nc1cc[nH]c(=O)c1-c1nc2cc3c(cc2[nH]1)CN(C(C)C)C3=O.Cc1ccc(F)cc1CC(C)Nc1cc[nH]c(=O)c1-c1nc2cc3c(cc2[nH]1)CN(C(C)C)C3=O. The van der Waals surface area contributed by atoms with Gasteiger partial charge in [0.25, 0.3) is 22.9 Å². The molecule has 6 heterocycles. The lowest BCUT2D eigenvalue weighted by Gasteiger charge is -2.19. The molecule has 2 aliphatic heterocycles. The number of benzene rings is 4. The summed E-state index contributed by atoms with van der Waals surface area (Å²) in [4.78, 5) is 76.0. The molecule has 70 heavy (non-hydrogen) atoms. The van der Waals surface area contributed by atoms with Gasteiger partial charge in [0.2, 0.25) is 0 Å². The molecule has 0 radical (unpaired) electrons. The molecule has 0 saturated heterocycles. The molecule has 14 nitrogen and oxygen atoms in total. The number of carbonyl (C=O) groups is 2. The Labute approximate surface area is 400 Å². The molecule has 4 aromatic heterocycles. The number of aryl methyl sites for hydroxylation is 1. The number of anilines is 2. The molecular formula is C53H53F3N10O4. The van der Waals surface area contributed by atoms with E-state index in [2.05, 4.69) is 40.5 Å². The summed E-state index contributed by atoms with van der Waals surface area (Å²) in [5, 5.41) is 6.63. The van der Waals surface area contributed by atoms with Crippen LogP contribution in [0, 0.1) is 24.4 Å². The van der Waals surface area contributed by atoms with Gasteiger partial charge in [-0.3, -0.25) is 19.2 Å². The smallest absolute Gasteiger partial charge is 0.261 e. The Kier molecular flexibility index (Phi) is 12.7. The molecule has 8 aromatic rings. The lowest BCUT2D eigenvalue weighted by atomic mass is 10.0. The Balaban J connectivity index is 0.000000174. The fraction of sp³-hybridized carbons (Fsp3) is 0.283. The molecule has 0 fully saturated rings. The van der Waals surface area contributed by atoms with Crippen LogP contribution >= 0.6 is 0 Å². The van der Waals surface area contributed by atoms with Crippen LogP contribution in [0.5, 0.6) is 0 Å². The Bertz CT molecular complexity index is 3240. The Morgan fingerprint density at radius 2 is 1.03 bits per heavy atom. The van der Waals surface area contributed by atoms with E-state index in [1.807, 2.05) is 65.5 Å². The average Bonchev–Trinajstić information content (AvgIpc) is 4.07. The van der Waals surface area contributed by atoms with Gasteiger partial charge in [-0.05, 0) is 156 Å². The number of aromatic amines is 4. The Morgan fingerprint density at radius 1 is 0.586 bits per heavy atom. The van der Waals surface area contributed by atoms with E-state index in [0.717, 1.165) is 45.4 Å². The van der Waals surface area contributed by atoms with E-state index in [1.54, 1.807) is 47.5 Å². The number of rotatable bonds is 12. The summed E-state index contributed by atoms with van der Waals surface area (Å²) in [6.45, 7) is 14.8. The van der Waals surface area contributed by atoms with Crippen LogP contribution in [0.3, 0.4) is 0 Å². The van der Waals surface area contributed by atoms with Gasteiger partial charge < -0.3 is 40.4 Å². The van der Waals surface area contributed by atoms with Gasteiger partial charge in [-0.25, -0.2) is 23.1 Å². The van der Waals surface area contributed by atoms with Crippen molar-refractivity contribution in [1.29, 1.82) is 0 Å². The summed E-state index contributed by atoms with van der Waals surface area (Å²) in [6.07, 6.45) is 3.92. The largest absolute Gasteiger partial charge is 0.381 e. The van der Waals surface area contributed by atoms with Crippen LogP contribution in [-0.4, -0.2) is 75.7 Å². The van der Waals surface area contributed by atoms with Gasteiger partial charge in [-0.1, -0.05) is 6.07 Å². The van der Waals surface area contributed by atoms with Crippen molar-refractivity contribution in [2.24, 2.45) is 0 Å². The van der Waals surface area contributed by atoms with E-state index in [4.69, 9.17) is 0 Å². The summed E-state index contributed by atoms with van der Waals surface area (Å²) in [6, 6.07) is 18.9. The number of nitrogens with zero attached hydrogens (tertiary/aromatic N) is 4. The van der Waals surface area contributed by atoms with E-state index in [1.165, 1.54) is 18.3 Å². The maximum absolute atomic E-state index is 14.1. The Morgan fingerprint density at radius 3 is 1.50 bits per heavy atom. The second kappa shape index (κ2) is 18.9. The van der Waals surface area contributed by atoms with Crippen LogP contribution in [0.4, 0.5) is 24.5 Å². The van der Waals surface area contributed by atoms with Crippen LogP contribution in [0.15, 0.2) is 94.8 Å². The highest BCUT2D eigenvalue weighted by Gasteiger charge is 2.32. The highest BCUT2D eigenvalue weighted by molar-refractivity contribution is 6.03. The van der Waals surface area contributed by atoms with Crippen LogP contribution in [0.2, 0.25) is 0 Å². The summed E-state index contributed by atoms with van der Waals surface area (Å²) in [7, 11) is 0. The Hall–Kier alpha value is -7.95. The quantitative estimate of drug-likeness (QED) is 0.0699. The van der Waals surface area contributed by atoms with E-state index in [-0.39, 0.29) is 64.9 Å². The first-order valence-corrected chi connectivity index (χ1v) is 23.3. The molecule has 2 unspecified atom stereocenters. The highest BCUT2D eigenvalue weighted by atomic mass is 19.1. The maximum Gasteiger partial charge on any atom is 0.261 e. The lowest BCUT2D eigenvalue weighted by molar-refractivity contribution is 0.0722. The first kappa shape index (κ1) is 47.1. The number of imidazole rings is 2. The molecule has 2 aliphatic rings. The number of halogens is 3. The van der Waals surface area contributed by atoms with Crippen molar-refractivity contribution < 1.29 is 22.8 Å². The van der Waals surface area contributed by atoms with Gasteiger partial charge in [0.05, 0.1) is 33.4 Å². The third kappa shape index (κ3) is 9.30. The summed E-state index contributed by atoms with van der Waals surface area (Å²) in [5.41, 5.74) is 9.22. The molecule has 0 aliphatic carbocycles. The summed E-state index contributed by atoms with van der Waals surface area (Å²) in [5.74, 6) is -0.501. The molecule has 0 saturated carbocycles. The fourth-order valence-electron chi connectivity index (χ4n) is 9.27. The van der Waals surface area contributed by atoms with E-state index >= 15 is 0 Å². The normalized spacial score (nSPS) is 14.1. The standard InChI is InChI=1S/C27H28FN5O2.C26H25F2N5O2/c1-14(2)33-13-18-11-22-23(12-20(18)27(33)35)32-25(31-22)24-21(7-8-29-26(24)34)30-16(4)9-17-10-19(28)6-5-15(17)3;1-13(2)33-12-16-10-21-22(11-18(16)26(33)35)32-24(31-21)23-20(6-7-29-25(23)34)30-14(3)8-15-9-17(27)4-5-19(15)28/h5-8,10-12,14,16H,9,13H2,1-4H3,(H,31,32)(H2,29,30,34);4-7,9-11,13-14H,8,12H2,1-3H3,(H,31,32)(H2,29,30,34). The van der Waals surface area contributed by atoms with Gasteiger partial charge in [0, 0.05) is 60.8 Å². The summed E-state index contributed by atoms with van der Waals surface area (Å²) >= 11 is 0. The number of hydrogen-bond donors (Lipinski definition) is 6. The average molecular weight is 951 g/mol. The number of pyridine rings is 2. The number of carbonyl (C=O) groups excluding carboxylic acids is 2. The molecule has 4 aromatic carbocycles. The molecule has 2 amide bonds. The zero-order chi connectivity index (χ0) is 49.7. The second-order valence-electron chi connectivity index (χ2n) is 18.8. The van der Waals surface area contributed by atoms with Crippen LogP contribution in [0.1, 0.15) is 90.1 Å². The third-order valence-electron chi connectivity index (χ3n) is 12.9. The number of fused-ring (bicyclic) bond motifs is 4. The zero-order valence-corrected chi connectivity index (χ0v) is 39.8. The third-order valence-corrected chi connectivity index (χ3v) is 12.9. The monoisotopic (exact) mass is 950 g/mol. The molecule has 17 heteroatoms. The molecule has 2 atom stereocenters. The van der Waals surface area contributed by atoms with Crippen LogP contribution < -0.4 is 21.8 Å². The number of nitrogens with one attached hydrogen (secondary N) is 6.